The zero-order chi connectivity index (χ0) is 12.3. The number of hydrogen-bond acceptors (Lipinski definition) is 1. The number of likely N-dealkylation sites (N-methyl/N-ethyl adjacent to an activating group) is 1. The van der Waals surface area contributed by atoms with E-state index < -0.39 is 0 Å². The molecule has 0 aromatic heterocycles. The van der Waals surface area contributed by atoms with E-state index in [9.17, 15) is 0 Å². The Morgan fingerprint density at radius 1 is 1.07 bits per heavy atom. The molecule has 1 aliphatic heterocycles. The van der Waals surface area contributed by atoms with Gasteiger partial charge in [-0.1, -0.05) is 41.5 Å². The molecule has 1 aliphatic rings. The molecule has 0 aromatic carbocycles. The van der Waals surface area contributed by atoms with Gasteiger partial charge in [0.2, 0.25) is 0 Å². The van der Waals surface area contributed by atoms with Crippen molar-refractivity contribution >= 4 is 0 Å². The topological polar surface area (TPSA) is 3.24 Å². The van der Waals surface area contributed by atoms with Crippen molar-refractivity contribution < 1.29 is 0 Å². The zero-order valence-electron chi connectivity index (χ0n) is 11.7. The Balaban J connectivity index is 0. The Morgan fingerprint density at radius 3 is 2.00 bits per heavy atom. The fourth-order valence-corrected chi connectivity index (χ4v) is 1.50. The molecule has 0 spiro atoms. The lowest BCUT2D eigenvalue weighted by atomic mass is 10.0. The summed E-state index contributed by atoms with van der Waals surface area (Å²) in [6, 6.07) is 0. The van der Waals surface area contributed by atoms with Crippen LogP contribution in [0.15, 0.2) is 23.4 Å². The molecule has 0 saturated carbocycles. The third-order valence-electron chi connectivity index (χ3n) is 2.23. The molecule has 1 heteroatoms. The molecule has 0 aliphatic carbocycles. The number of nitrogens with zero attached hydrogens (tertiary/aromatic N) is 1. The van der Waals surface area contributed by atoms with Crippen molar-refractivity contribution in [3.05, 3.63) is 23.4 Å². The van der Waals surface area contributed by atoms with Gasteiger partial charge in [0.05, 0.1) is 0 Å². The van der Waals surface area contributed by atoms with Gasteiger partial charge in [0, 0.05) is 13.6 Å². The van der Waals surface area contributed by atoms with Gasteiger partial charge in [0.1, 0.15) is 0 Å². The summed E-state index contributed by atoms with van der Waals surface area (Å²) in [5.41, 5.74) is 3.13. The van der Waals surface area contributed by atoms with Crippen molar-refractivity contribution in [1.82, 2.24) is 4.90 Å². The van der Waals surface area contributed by atoms with E-state index in [0.29, 0.717) is 0 Å². The molecule has 0 bridgehead atoms. The second-order valence-corrected chi connectivity index (χ2v) is 3.07. The van der Waals surface area contributed by atoms with Gasteiger partial charge >= 0.3 is 0 Å². The van der Waals surface area contributed by atoms with Crippen molar-refractivity contribution in [1.29, 1.82) is 0 Å². The lowest BCUT2D eigenvalue weighted by Crippen LogP contribution is -2.18. The van der Waals surface area contributed by atoms with E-state index >= 15 is 0 Å². The fourth-order valence-electron chi connectivity index (χ4n) is 1.50. The number of rotatable bonds is 2. The van der Waals surface area contributed by atoms with Crippen LogP contribution >= 0.6 is 0 Å². The summed E-state index contributed by atoms with van der Waals surface area (Å²) in [5, 5.41) is 0. The van der Waals surface area contributed by atoms with Crippen molar-refractivity contribution in [2.75, 3.05) is 13.6 Å². The van der Waals surface area contributed by atoms with Crippen molar-refractivity contribution in [2.45, 2.75) is 54.4 Å². The summed E-state index contributed by atoms with van der Waals surface area (Å²) in [5.74, 6) is 0. The summed E-state index contributed by atoms with van der Waals surface area (Å²) >= 11 is 0. The first kappa shape index (κ1) is 16.7. The molecule has 15 heavy (non-hydrogen) atoms. The maximum absolute atomic E-state index is 2.24. The molecule has 0 aromatic rings. The summed E-state index contributed by atoms with van der Waals surface area (Å²) in [7, 11) is 2.12. The first-order chi connectivity index (χ1) is 7.27. The van der Waals surface area contributed by atoms with Crippen LogP contribution < -0.4 is 0 Å². The molecular formula is C14H29N. The average Bonchev–Trinajstić information content (AvgIpc) is 2.34. The predicted molar refractivity (Wildman–Crippen MR) is 72.1 cm³/mol. The molecule has 90 valence electrons. The van der Waals surface area contributed by atoms with E-state index in [0.717, 1.165) is 6.54 Å². The monoisotopic (exact) mass is 211 g/mol. The minimum Gasteiger partial charge on any atom is -0.376 e. The molecule has 0 atom stereocenters. The SMILES string of the molecule is CC.CC.CCC1=C(CC)CN(C)C=C1. The highest BCUT2D eigenvalue weighted by Crippen LogP contribution is 2.18. The highest BCUT2D eigenvalue weighted by atomic mass is 15.1. The van der Waals surface area contributed by atoms with Gasteiger partial charge in [-0.15, -0.1) is 0 Å². The zero-order valence-corrected chi connectivity index (χ0v) is 11.7. The van der Waals surface area contributed by atoms with E-state index in [1.54, 1.807) is 5.57 Å². The van der Waals surface area contributed by atoms with Crippen LogP contribution in [-0.4, -0.2) is 18.5 Å². The quantitative estimate of drug-likeness (QED) is 0.644. The van der Waals surface area contributed by atoms with Gasteiger partial charge in [-0.2, -0.15) is 0 Å². The summed E-state index contributed by atoms with van der Waals surface area (Å²) in [6.45, 7) is 13.6. The van der Waals surface area contributed by atoms with Crippen LogP contribution in [0.2, 0.25) is 0 Å². The number of hydrogen-bond donors (Lipinski definition) is 0. The molecule has 1 heterocycles. The van der Waals surface area contributed by atoms with Crippen molar-refractivity contribution in [3.63, 3.8) is 0 Å². The molecule has 1 nitrogen and oxygen atoms in total. The standard InChI is InChI=1S/C10H17N.2C2H6/c1-4-9-6-7-11(3)8-10(9)5-2;2*1-2/h6-7H,4-5,8H2,1-3H3;2*1-2H3. The second kappa shape index (κ2) is 11.4. The first-order valence-electron chi connectivity index (χ1n) is 6.37. The average molecular weight is 211 g/mol. The molecule has 0 N–H and O–H groups in total. The molecular weight excluding hydrogens is 182 g/mol. The third kappa shape index (κ3) is 6.38. The smallest absolute Gasteiger partial charge is 0.0385 e. The van der Waals surface area contributed by atoms with Gasteiger partial charge in [-0.25, -0.2) is 0 Å². The highest BCUT2D eigenvalue weighted by molar-refractivity contribution is 5.29. The van der Waals surface area contributed by atoms with Crippen LogP contribution in [0.4, 0.5) is 0 Å². The fraction of sp³-hybridized carbons (Fsp3) is 0.714. The van der Waals surface area contributed by atoms with E-state index in [1.807, 2.05) is 27.7 Å². The summed E-state index contributed by atoms with van der Waals surface area (Å²) < 4.78 is 0. The predicted octanol–water partition coefficient (Wildman–Crippen LogP) is 4.61. The van der Waals surface area contributed by atoms with Crippen LogP contribution in [0.25, 0.3) is 0 Å². The van der Waals surface area contributed by atoms with Crippen molar-refractivity contribution in [2.24, 2.45) is 0 Å². The molecule has 0 saturated heterocycles. The van der Waals surface area contributed by atoms with E-state index in [-0.39, 0.29) is 0 Å². The van der Waals surface area contributed by atoms with Gasteiger partial charge in [0.25, 0.3) is 0 Å². The maximum atomic E-state index is 2.24. The first-order valence-corrected chi connectivity index (χ1v) is 6.37. The van der Waals surface area contributed by atoms with Crippen LogP contribution in [0.1, 0.15) is 54.4 Å². The summed E-state index contributed by atoms with van der Waals surface area (Å²) in [6.07, 6.45) is 6.77. The molecule has 0 unspecified atom stereocenters. The minimum atomic E-state index is 1.12. The second-order valence-electron chi connectivity index (χ2n) is 3.07. The van der Waals surface area contributed by atoms with Gasteiger partial charge in [-0.05, 0) is 36.3 Å². The Hall–Kier alpha value is -0.720. The Bertz CT molecular complexity index is 190. The Kier molecular flexibility index (Phi) is 12.6. The van der Waals surface area contributed by atoms with Crippen LogP contribution in [0, 0.1) is 0 Å². The summed E-state index contributed by atoms with van der Waals surface area (Å²) in [4.78, 5) is 2.23. The Labute approximate surface area is 96.9 Å². The van der Waals surface area contributed by atoms with Gasteiger partial charge < -0.3 is 4.90 Å². The van der Waals surface area contributed by atoms with Crippen LogP contribution in [0.5, 0.6) is 0 Å². The van der Waals surface area contributed by atoms with Crippen molar-refractivity contribution in [3.8, 4) is 0 Å². The molecule has 0 amide bonds. The van der Waals surface area contributed by atoms with Gasteiger partial charge in [-0.3, -0.25) is 0 Å². The maximum Gasteiger partial charge on any atom is 0.0385 e. The molecule has 0 fully saturated rings. The Morgan fingerprint density at radius 2 is 1.60 bits per heavy atom. The van der Waals surface area contributed by atoms with Gasteiger partial charge in [0.15, 0.2) is 0 Å². The number of allylic oxidation sites excluding steroid dienone is 2. The largest absolute Gasteiger partial charge is 0.376 e. The highest BCUT2D eigenvalue weighted by Gasteiger charge is 2.06. The van der Waals surface area contributed by atoms with E-state index in [1.165, 1.54) is 18.4 Å². The lowest BCUT2D eigenvalue weighted by molar-refractivity contribution is 0.480. The van der Waals surface area contributed by atoms with Crippen LogP contribution in [0.3, 0.4) is 0 Å². The third-order valence-corrected chi connectivity index (χ3v) is 2.23. The molecule has 0 radical (unpaired) electrons. The van der Waals surface area contributed by atoms with E-state index in [2.05, 4.69) is 38.1 Å². The minimum absolute atomic E-state index is 1.12. The van der Waals surface area contributed by atoms with Crippen LogP contribution in [-0.2, 0) is 0 Å². The molecule has 1 rings (SSSR count). The normalized spacial score (nSPS) is 13.9. The van der Waals surface area contributed by atoms with E-state index in [4.69, 9.17) is 0 Å². The lowest BCUT2D eigenvalue weighted by Gasteiger charge is -2.22.